The molecule has 1 amide bonds. The second kappa shape index (κ2) is 6.02. The number of aliphatic hydroxyl groups is 1. The number of nitrogens with two attached hydrogens (primary N) is 1. The fourth-order valence-electron chi connectivity index (χ4n) is 2.48. The number of hydrogen-bond acceptors (Lipinski definition) is 6. The van der Waals surface area contributed by atoms with Gasteiger partial charge in [0, 0.05) is 25.3 Å². The van der Waals surface area contributed by atoms with Crippen molar-refractivity contribution >= 4 is 21.4 Å². The molecule has 1 aromatic heterocycles. The number of aliphatic hydroxyl groups excluding tert-OH is 1. The molecule has 1 unspecified atom stereocenters. The van der Waals surface area contributed by atoms with E-state index < -0.39 is 21.8 Å². The van der Waals surface area contributed by atoms with Gasteiger partial charge in [-0.25, -0.2) is 8.42 Å². The number of nitrogen functional groups attached to an aromatic ring is 1. The average molecular weight is 316 g/mol. The first-order chi connectivity index (χ1) is 9.88. The first-order valence-electron chi connectivity index (χ1n) is 6.83. The number of aryl methyl sites for hydroxylation is 1. The number of carbonyl (C=O) groups is 1. The standard InChI is InChI=1S/C12H20N4O4S/c1-2-15-7-10(13)11(14-15)12(18)16(4-5-17)9-3-6-21(19,20)8-9/h7,9,17H,2-6,8,13H2,1H3. The molecular weight excluding hydrogens is 296 g/mol. The van der Waals surface area contributed by atoms with E-state index in [2.05, 4.69) is 5.10 Å². The van der Waals surface area contributed by atoms with Gasteiger partial charge >= 0.3 is 0 Å². The lowest BCUT2D eigenvalue weighted by molar-refractivity contribution is 0.0649. The molecule has 118 valence electrons. The zero-order chi connectivity index (χ0) is 15.6. The van der Waals surface area contributed by atoms with Crippen LogP contribution in [-0.2, 0) is 16.4 Å². The summed E-state index contributed by atoms with van der Waals surface area (Å²) < 4.78 is 24.7. The van der Waals surface area contributed by atoms with Crippen LogP contribution >= 0.6 is 0 Å². The molecule has 9 heteroatoms. The highest BCUT2D eigenvalue weighted by atomic mass is 32.2. The average Bonchev–Trinajstić information content (AvgIpc) is 2.98. The highest BCUT2D eigenvalue weighted by molar-refractivity contribution is 7.91. The van der Waals surface area contributed by atoms with Gasteiger partial charge in [0.25, 0.3) is 5.91 Å². The van der Waals surface area contributed by atoms with Gasteiger partial charge in [-0.05, 0) is 13.3 Å². The van der Waals surface area contributed by atoms with E-state index in [1.165, 1.54) is 4.90 Å². The van der Waals surface area contributed by atoms with E-state index >= 15 is 0 Å². The van der Waals surface area contributed by atoms with Crippen LogP contribution in [0.1, 0.15) is 23.8 Å². The molecule has 1 atom stereocenters. The van der Waals surface area contributed by atoms with E-state index in [9.17, 15) is 13.2 Å². The van der Waals surface area contributed by atoms with Crippen molar-refractivity contribution in [3.05, 3.63) is 11.9 Å². The van der Waals surface area contributed by atoms with Crippen LogP contribution < -0.4 is 5.73 Å². The maximum atomic E-state index is 12.5. The van der Waals surface area contributed by atoms with E-state index in [-0.39, 0.29) is 36.0 Å². The van der Waals surface area contributed by atoms with Gasteiger partial charge in [-0.3, -0.25) is 9.48 Å². The molecule has 0 bridgehead atoms. The van der Waals surface area contributed by atoms with Crippen molar-refractivity contribution < 1.29 is 18.3 Å². The molecule has 8 nitrogen and oxygen atoms in total. The third-order valence-corrected chi connectivity index (χ3v) is 5.32. The highest BCUT2D eigenvalue weighted by Gasteiger charge is 2.36. The van der Waals surface area contributed by atoms with E-state index in [0.717, 1.165) is 0 Å². The van der Waals surface area contributed by atoms with Crippen LogP contribution in [0.5, 0.6) is 0 Å². The molecule has 2 rings (SSSR count). The van der Waals surface area contributed by atoms with Crippen LogP contribution in [0.3, 0.4) is 0 Å². The molecule has 1 fully saturated rings. The summed E-state index contributed by atoms with van der Waals surface area (Å²) in [7, 11) is -3.12. The monoisotopic (exact) mass is 316 g/mol. The Hall–Kier alpha value is -1.61. The third-order valence-electron chi connectivity index (χ3n) is 3.57. The second-order valence-electron chi connectivity index (χ2n) is 5.07. The first kappa shape index (κ1) is 15.8. The van der Waals surface area contributed by atoms with Crippen LogP contribution in [0.4, 0.5) is 5.69 Å². The van der Waals surface area contributed by atoms with Crippen molar-refractivity contribution in [2.45, 2.75) is 25.9 Å². The summed E-state index contributed by atoms with van der Waals surface area (Å²) in [5.41, 5.74) is 6.15. The number of sulfone groups is 1. The summed E-state index contributed by atoms with van der Waals surface area (Å²) in [6, 6.07) is -0.430. The van der Waals surface area contributed by atoms with Gasteiger partial charge in [-0.2, -0.15) is 5.10 Å². The number of anilines is 1. The van der Waals surface area contributed by atoms with Crippen LogP contribution in [0, 0.1) is 0 Å². The van der Waals surface area contributed by atoms with Crippen molar-refractivity contribution in [1.29, 1.82) is 0 Å². The molecule has 1 aliphatic heterocycles. The Morgan fingerprint density at radius 2 is 2.33 bits per heavy atom. The predicted octanol–water partition coefficient (Wildman–Crippen LogP) is -0.893. The van der Waals surface area contributed by atoms with Crippen LogP contribution in [-0.4, -0.2) is 64.8 Å². The molecule has 21 heavy (non-hydrogen) atoms. The Kier molecular flexibility index (Phi) is 4.52. The molecule has 0 saturated carbocycles. The first-order valence-corrected chi connectivity index (χ1v) is 8.65. The van der Waals surface area contributed by atoms with Gasteiger partial charge in [-0.1, -0.05) is 0 Å². The number of amides is 1. The largest absolute Gasteiger partial charge is 0.396 e. The summed E-state index contributed by atoms with van der Waals surface area (Å²) in [4.78, 5) is 13.9. The lowest BCUT2D eigenvalue weighted by atomic mass is 10.2. The van der Waals surface area contributed by atoms with Crippen molar-refractivity contribution in [2.24, 2.45) is 0 Å². The molecule has 0 aromatic carbocycles. The van der Waals surface area contributed by atoms with Gasteiger partial charge in [0.2, 0.25) is 0 Å². The summed E-state index contributed by atoms with van der Waals surface area (Å²) in [6.45, 7) is 2.28. The van der Waals surface area contributed by atoms with Gasteiger partial charge < -0.3 is 15.7 Å². The highest BCUT2D eigenvalue weighted by Crippen LogP contribution is 2.21. The normalized spacial score (nSPS) is 20.6. The van der Waals surface area contributed by atoms with E-state index in [4.69, 9.17) is 10.8 Å². The molecule has 2 heterocycles. The van der Waals surface area contributed by atoms with Crippen LogP contribution in [0.25, 0.3) is 0 Å². The number of carbonyl (C=O) groups excluding carboxylic acids is 1. The number of hydrogen-bond donors (Lipinski definition) is 2. The number of rotatable bonds is 5. The molecule has 1 aliphatic rings. The second-order valence-corrected chi connectivity index (χ2v) is 7.30. The Morgan fingerprint density at radius 3 is 2.81 bits per heavy atom. The maximum Gasteiger partial charge on any atom is 0.276 e. The number of nitrogens with zero attached hydrogens (tertiary/aromatic N) is 3. The van der Waals surface area contributed by atoms with Gasteiger partial charge in [0.1, 0.15) is 0 Å². The summed E-state index contributed by atoms with van der Waals surface area (Å²) >= 11 is 0. The lowest BCUT2D eigenvalue weighted by Crippen LogP contribution is -2.43. The zero-order valence-corrected chi connectivity index (χ0v) is 12.7. The van der Waals surface area contributed by atoms with E-state index in [1.807, 2.05) is 6.92 Å². The summed E-state index contributed by atoms with van der Waals surface area (Å²) in [5.74, 6) is -0.449. The van der Waals surface area contributed by atoms with E-state index in [0.29, 0.717) is 13.0 Å². The van der Waals surface area contributed by atoms with Gasteiger partial charge in [-0.15, -0.1) is 0 Å². The minimum Gasteiger partial charge on any atom is -0.396 e. The quantitative estimate of drug-likeness (QED) is 0.727. The molecule has 0 spiro atoms. The lowest BCUT2D eigenvalue weighted by Gasteiger charge is -2.26. The third kappa shape index (κ3) is 3.35. The predicted molar refractivity (Wildman–Crippen MR) is 77.5 cm³/mol. The SMILES string of the molecule is CCn1cc(N)c(C(=O)N(CCO)C2CCS(=O)(=O)C2)n1. The Morgan fingerprint density at radius 1 is 1.62 bits per heavy atom. The van der Waals surface area contributed by atoms with Crippen molar-refractivity contribution in [1.82, 2.24) is 14.7 Å². The van der Waals surface area contributed by atoms with Crippen LogP contribution in [0.2, 0.25) is 0 Å². The molecule has 1 aromatic rings. The fraction of sp³-hybridized carbons (Fsp3) is 0.667. The van der Waals surface area contributed by atoms with Gasteiger partial charge in [0.15, 0.2) is 15.5 Å². The minimum atomic E-state index is -3.12. The summed E-state index contributed by atoms with van der Waals surface area (Å²) in [6.07, 6.45) is 1.94. The van der Waals surface area contributed by atoms with Gasteiger partial charge in [0.05, 0.1) is 23.8 Å². The molecule has 0 radical (unpaired) electrons. The molecule has 3 N–H and O–H groups in total. The zero-order valence-electron chi connectivity index (χ0n) is 11.9. The van der Waals surface area contributed by atoms with Crippen molar-refractivity contribution in [3.8, 4) is 0 Å². The summed E-state index contributed by atoms with van der Waals surface area (Å²) in [5, 5.41) is 13.3. The smallest absolute Gasteiger partial charge is 0.276 e. The molecular formula is C12H20N4O4S. The minimum absolute atomic E-state index is 0.0613. The van der Waals surface area contributed by atoms with Crippen molar-refractivity contribution in [2.75, 3.05) is 30.4 Å². The Balaban J connectivity index is 2.25. The number of aromatic nitrogens is 2. The maximum absolute atomic E-state index is 12.5. The molecule has 0 aliphatic carbocycles. The molecule has 1 saturated heterocycles. The fourth-order valence-corrected chi connectivity index (χ4v) is 4.21. The van der Waals surface area contributed by atoms with E-state index in [1.54, 1.807) is 10.9 Å². The van der Waals surface area contributed by atoms with Crippen LogP contribution in [0.15, 0.2) is 6.20 Å². The Labute approximate surface area is 123 Å². The Bertz CT molecular complexity index is 625. The van der Waals surface area contributed by atoms with Crippen molar-refractivity contribution in [3.63, 3.8) is 0 Å². The topological polar surface area (TPSA) is 119 Å².